The van der Waals surface area contributed by atoms with Crippen LogP contribution in [0.1, 0.15) is 5.69 Å². The van der Waals surface area contributed by atoms with Crippen molar-refractivity contribution >= 4 is 27.5 Å². The molecule has 0 bridgehead atoms. The summed E-state index contributed by atoms with van der Waals surface area (Å²) < 4.78 is 0.849. The Kier molecular flexibility index (Phi) is 2.61. The van der Waals surface area contributed by atoms with Gasteiger partial charge in [0.2, 0.25) is 0 Å². The zero-order valence-electron chi connectivity index (χ0n) is 7.51. The van der Waals surface area contributed by atoms with Gasteiger partial charge in [0.05, 0.1) is 0 Å². The molecule has 0 aliphatic rings. The van der Waals surface area contributed by atoms with E-state index in [0.29, 0.717) is 0 Å². The van der Waals surface area contributed by atoms with Crippen LogP contribution in [0.2, 0.25) is 5.02 Å². The molecule has 2 aromatic rings. The third-order valence-corrected chi connectivity index (χ3v) is 2.97. The van der Waals surface area contributed by atoms with Crippen molar-refractivity contribution in [3.63, 3.8) is 0 Å². The summed E-state index contributed by atoms with van der Waals surface area (Å²) in [6, 6.07) is 7.57. The fourth-order valence-electron chi connectivity index (χ4n) is 1.18. The van der Waals surface area contributed by atoms with Gasteiger partial charge in [-0.25, -0.2) is 4.98 Å². The molecule has 1 N–H and O–H groups in total. The Bertz CT molecular complexity index is 428. The summed E-state index contributed by atoms with van der Waals surface area (Å²) in [5, 5.41) is 0.732. The first-order valence-electron chi connectivity index (χ1n) is 4.15. The number of hydrogen-bond acceptors (Lipinski definition) is 1. The molecule has 0 saturated carbocycles. The van der Waals surface area contributed by atoms with Crippen LogP contribution >= 0.6 is 27.5 Å². The van der Waals surface area contributed by atoms with Crippen molar-refractivity contribution < 1.29 is 0 Å². The quantitative estimate of drug-likeness (QED) is 0.839. The van der Waals surface area contributed by atoms with Gasteiger partial charge in [-0.05, 0) is 47.1 Å². The van der Waals surface area contributed by atoms with Crippen LogP contribution in [0.4, 0.5) is 0 Å². The summed E-state index contributed by atoms with van der Waals surface area (Å²) in [7, 11) is 0. The number of benzene rings is 1. The maximum Gasteiger partial charge on any atom is 0.138 e. The Morgan fingerprint density at radius 1 is 1.29 bits per heavy atom. The Morgan fingerprint density at radius 3 is 2.43 bits per heavy atom. The van der Waals surface area contributed by atoms with Crippen LogP contribution in [0.15, 0.2) is 28.9 Å². The molecule has 0 aliphatic heterocycles. The van der Waals surface area contributed by atoms with Crippen LogP contribution in [0, 0.1) is 6.92 Å². The third-order valence-electron chi connectivity index (χ3n) is 1.94. The van der Waals surface area contributed by atoms with Crippen molar-refractivity contribution in [2.75, 3.05) is 0 Å². The minimum Gasteiger partial charge on any atom is -0.341 e. The van der Waals surface area contributed by atoms with E-state index in [1.807, 2.05) is 31.2 Å². The number of hydrogen-bond donors (Lipinski definition) is 1. The zero-order valence-corrected chi connectivity index (χ0v) is 9.85. The maximum absolute atomic E-state index is 5.80. The largest absolute Gasteiger partial charge is 0.341 e. The van der Waals surface area contributed by atoms with Gasteiger partial charge < -0.3 is 4.98 Å². The molecule has 72 valence electrons. The first-order valence-corrected chi connectivity index (χ1v) is 5.32. The molecule has 0 saturated heterocycles. The number of imidazole rings is 1. The van der Waals surface area contributed by atoms with Crippen LogP contribution in [0.3, 0.4) is 0 Å². The summed E-state index contributed by atoms with van der Waals surface area (Å²) in [4.78, 5) is 7.51. The summed E-state index contributed by atoms with van der Waals surface area (Å²) >= 11 is 9.16. The van der Waals surface area contributed by atoms with E-state index in [9.17, 15) is 0 Å². The van der Waals surface area contributed by atoms with Crippen molar-refractivity contribution in [3.05, 3.63) is 39.6 Å². The van der Waals surface area contributed by atoms with Crippen molar-refractivity contribution in [3.8, 4) is 11.4 Å². The lowest BCUT2D eigenvalue weighted by Crippen LogP contribution is -1.79. The van der Waals surface area contributed by atoms with E-state index in [0.717, 1.165) is 26.7 Å². The van der Waals surface area contributed by atoms with E-state index < -0.39 is 0 Å². The molecule has 0 amide bonds. The van der Waals surface area contributed by atoms with E-state index in [1.165, 1.54) is 0 Å². The van der Waals surface area contributed by atoms with E-state index in [4.69, 9.17) is 11.6 Å². The molecule has 0 spiro atoms. The minimum absolute atomic E-state index is 0.732. The maximum atomic E-state index is 5.80. The summed E-state index contributed by atoms with van der Waals surface area (Å²) in [5.74, 6) is 0.853. The first kappa shape index (κ1) is 9.74. The molecule has 2 rings (SSSR count). The number of aryl methyl sites for hydroxylation is 1. The third kappa shape index (κ3) is 1.83. The fraction of sp³-hybridized carbons (Fsp3) is 0.100. The lowest BCUT2D eigenvalue weighted by atomic mass is 10.2. The Morgan fingerprint density at radius 2 is 1.93 bits per heavy atom. The second kappa shape index (κ2) is 3.75. The second-order valence-electron chi connectivity index (χ2n) is 3.01. The van der Waals surface area contributed by atoms with Crippen LogP contribution in [0.5, 0.6) is 0 Å². The van der Waals surface area contributed by atoms with Crippen molar-refractivity contribution in [1.82, 2.24) is 9.97 Å². The Labute approximate surface area is 95.5 Å². The van der Waals surface area contributed by atoms with Gasteiger partial charge in [-0.15, -0.1) is 0 Å². The lowest BCUT2D eigenvalue weighted by molar-refractivity contribution is 1.25. The van der Waals surface area contributed by atoms with Gasteiger partial charge in [0.25, 0.3) is 0 Å². The van der Waals surface area contributed by atoms with Gasteiger partial charge in [-0.2, -0.15) is 0 Å². The van der Waals surface area contributed by atoms with Gasteiger partial charge >= 0.3 is 0 Å². The van der Waals surface area contributed by atoms with Gasteiger partial charge in [0.15, 0.2) is 0 Å². The number of aromatic nitrogens is 2. The molecular weight excluding hydrogens is 263 g/mol. The van der Waals surface area contributed by atoms with Gasteiger partial charge in [0.1, 0.15) is 10.4 Å². The molecule has 14 heavy (non-hydrogen) atoms. The van der Waals surface area contributed by atoms with Crippen molar-refractivity contribution in [2.45, 2.75) is 6.92 Å². The minimum atomic E-state index is 0.732. The fourth-order valence-corrected chi connectivity index (χ4v) is 1.59. The predicted molar refractivity (Wildman–Crippen MR) is 61.5 cm³/mol. The predicted octanol–water partition coefficient (Wildman–Crippen LogP) is 3.80. The first-order chi connectivity index (χ1) is 6.66. The summed E-state index contributed by atoms with van der Waals surface area (Å²) in [5.41, 5.74) is 2.05. The Balaban J connectivity index is 2.44. The van der Waals surface area contributed by atoms with Crippen LogP contribution in [-0.2, 0) is 0 Å². The number of aromatic amines is 1. The van der Waals surface area contributed by atoms with Crippen LogP contribution in [0.25, 0.3) is 11.4 Å². The highest BCUT2D eigenvalue weighted by Gasteiger charge is 2.05. The SMILES string of the molecule is Cc1[nH]c(-c2ccc(Cl)cc2)nc1Br. The average molecular weight is 272 g/mol. The number of H-pyrrole nitrogens is 1. The van der Waals surface area contributed by atoms with E-state index >= 15 is 0 Å². The molecule has 1 aromatic heterocycles. The molecule has 2 nitrogen and oxygen atoms in total. The molecule has 1 aromatic carbocycles. The number of halogens is 2. The zero-order chi connectivity index (χ0) is 10.1. The highest BCUT2D eigenvalue weighted by molar-refractivity contribution is 9.10. The standard InChI is InChI=1S/C10H8BrClN2/c1-6-9(11)14-10(13-6)7-2-4-8(12)5-3-7/h2-5H,1H3,(H,13,14). The van der Waals surface area contributed by atoms with E-state index in [1.54, 1.807) is 0 Å². The van der Waals surface area contributed by atoms with E-state index in [-0.39, 0.29) is 0 Å². The Hall–Kier alpha value is -0.800. The number of nitrogens with one attached hydrogen (secondary N) is 1. The van der Waals surface area contributed by atoms with Gasteiger partial charge in [0, 0.05) is 16.3 Å². The summed E-state index contributed by atoms with van der Waals surface area (Å²) in [6.07, 6.45) is 0. The molecule has 4 heteroatoms. The number of rotatable bonds is 1. The van der Waals surface area contributed by atoms with Crippen LogP contribution < -0.4 is 0 Å². The van der Waals surface area contributed by atoms with Crippen LogP contribution in [-0.4, -0.2) is 9.97 Å². The monoisotopic (exact) mass is 270 g/mol. The highest BCUT2D eigenvalue weighted by atomic mass is 79.9. The normalized spacial score (nSPS) is 10.5. The molecule has 1 heterocycles. The topological polar surface area (TPSA) is 28.7 Å². The highest BCUT2D eigenvalue weighted by Crippen LogP contribution is 2.22. The molecular formula is C10H8BrClN2. The molecule has 0 fully saturated rings. The number of nitrogens with zero attached hydrogens (tertiary/aromatic N) is 1. The molecule has 0 unspecified atom stereocenters. The summed E-state index contributed by atoms with van der Waals surface area (Å²) in [6.45, 7) is 1.97. The van der Waals surface area contributed by atoms with E-state index in [2.05, 4.69) is 25.9 Å². The molecule has 0 aliphatic carbocycles. The van der Waals surface area contributed by atoms with Crippen molar-refractivity contribution in [1.29, 1.82) is 0 Å². The lowest BCUT2D eigenvalue weighted by Gasteiger charge is -1.95. The van der Waals surface area contributed by atoms with Gasteiger partial charge in [-0.3, -0.25) is 0 Å². The van der Waals surface area contributed by atoms with Crippen molar-refractivity contribution in [2.24, 2.45) is 0 Å². The molecule has 0 atom stereocenters. The smallest absolute Gasteiger partial charge is 0.138 e. The average Bonchev–Trinajstić information content (AvgIpc) is 2.48. The second-order valence-corrected chi connectivity index (χ2v) is 4.20. The van der Waals surface area contributed by atoms with Gasteiger partial charge in [-0.1, -0.05) is 11.6 Å². The molecule has 0 radical (unpaired) electrons.